The normalized spacial score (nSPS) is 40.8. The van der Waals surface area contributed by atoms with E-state index in [-0.39, 0.29) is 11.3 Å². The number of aldehydes is 1. The van der Waals surface area contributed by atoms with Crippen molar-refractivity contribution in [2.75, 3.05) is 0 Å². The second-order valence-corrected chi connectivity index (χ2v) is 4.62. The van der Waals surface area contributed by atoms with Crippen LogP contribution >= 0.6 is 0 Å². The molecule has 0 radical (unpaired) electrons. The molecule has 0 aromatic carbocycles. The number of carbonyl (C=O) groups excluding carboxylic acids is 1. The van der Waals surface area contributed by atoms with Crippen LogP contribution in [-0.4, -0.2) is 17.0 Å². The molecule has 0 spiro atoms. The molecule has 0 aromatic rings. The molecule has 0 bridgehead atoms. The van der Waals surface area contributed by atoms with E-state index in [1.54, 1.807) is 0 Å². The van der Waals surface area contributed by atoms with Gasteiger partial charge in [0.05, 0.1) is 0 Å². The summed E-state index contributed by atoms with van der Waals surface area (Å²) >= 11 is 0. The van der Waals surface area contributed by atoms with Crippen molar-refractivity contribution >= 4 is 6.29 Å². The van der Waals surface area contributed by atoms with Crippen LogP contribution in [0.25, 0.3) is 0 Å². The van der Waals surface area contributed by atoms with Gasteiger partial charge in [-0.2, -0.15) is 0 Å². The highest BCUT2D eigenvalue weighted by Crippen LogP contribution is 2.45. The average molecular weight is 170 g/mol. The molecule has 1 rings (SSSR count). The van der Waals surface area contributed by atoms with Gasteiger partial charge in [0.25, 0.3) is 0 Å². The minimum Gasteiger partial charge on any atom is -0.382 e. The summed E-state index contributed by atoms with van der Waals surface area (Å²) < 4.78 is 0. The van der Waals surface area contributed by atoms with E-state index in [2.05, 4.69) is 0 Å². The summed E-state index contributed by atoms with van der Waals surface area (Å²) in [5.41, 5.74) is -1.36. The zero-order valence-electron chi connectivity index (χ0n) is 8.13. The first kappa shape index (κ1) is 9.72. The molecule has 2 unspecified atom stereocenters. The van der Waals surface area contributed by atoms with Crippen LogP contribution in [-0.2, 0) is 4.79 Å². The highest BCUT2D eigenvalue weighted by Gasteiger charge is 2.49. The monoisotopic (exact) mass is 170 g/mol. The molecule has 12 heavy (non-hydrogen) atoms. The average Bonchev–Trinajstić information content (AvgIpc) is 2.00. The molecule has 1 N–H and O–H groups in total. The Balaban J connectivity index is 2.95. The Bertz CT molecular complexity index is 186. The smallest absolute Gasteiger partial charge is 0.152 e. The molecule has 2 heteroatoms. The Morgan fingerprint density at radius 3 is 2.42 bits per heavy atom. The molecule has 1 aliphatic carbocycles. The maximum Gasteiger partial charge on any atom is 0.152 e. The Labute approximate surface area is 74.0 Å². The summed E-state index contributed by atoms with van der Waals surface area (Å²) in [4.78, 5) is 10.9. The Morgan fingerprint density at radius 2 is 2.08 bits per heavy atom. The van der Waals surface area contributed by atoms with Gasteiger partial charge >= 0.3 is 0 Å². The molecule has 0 aromatic heterocycles. The quantitative estimate of drug-likeness (QED) is 0.609. The van der Waals surface area contributed by atoms with Gasteiger partial charge < -0.3 is 9.90 Å². The topological polar surface area (TPSA) is 37.3 Å². The summed E-state index contributed by atoms with van der Waals surface area (Å²) in [5.74, 6) is 0.0961. The fourth-order valence-corrected chi connectivity index (χ4v) is 2.21. The summed E-state index contributed by atoms with van der Waals surface area (Å²) in [7, 11) is 0. The van der Waals surface area contributed by atoms with E-state index >= 15 is 0 Å². The van der Waals surface area contributed by atoms with Gasteiger partial charge in [0.15, 0.2) is 6.29 Å². The number of rotatable bonds is 1. The van der Waals surface area contributed by atoms with Crippen molar-refractivity contribution in [1.82, 2.24) is 0 Å². The van der Waals surface area contributed by atoms with Crippen molar-refractivity contribution in [3.63, 3.8) is 0 Å². The minimum absolute atomic E-state index is 0.0961. The van der Waals surface area contributed by atoms with Crippen LogP contribution in [0.3, 0.4) is 0 Å². The van der Waals surface area contributed by atoms with E-state index < -0.39 is 5.60 Å². The SMILES string of the molecule is CC1CCCC(C)(C)C1(O)C=O. The second kappa shape index (κ2) is 2.84. The van der Waals surface area contributed by atoms with Gasteiger partial charge in [0.2, 0.25) is 0 Å². The van der Waals surface area contributed by atoms with Crippen LogP contribution in [0.15, 0.2) is 0 Å². The summed E-state index contributed by atoms with van der Waals surface area (Å²) in [6.07, 6.45) is 3.74. The lowest BCUT2D eigenvalue weighted by molar-refractivity contribution is -0.155. The first-order valence-corrected chi connectivity index (χ1v) is 4.63. The first-order chi connectivity index (χ1) is 5.44. The highest BCUT2D eigenvalue weighted by atomic mass is 16.3. The summed E-state index contributed by atoms with van der Waals surface area (Å²) in [6.45, 7) is 5.89. The van der Waals surface area contributed by atoms with E-state index in [4.69, 9.17) is 0 Å². The van der Waals surface area contributed by atoms with Gasteiger partial charge in [-0.25, -0.2) is 0 Å². The Kier molecular flexibility index (Phi) is 2.30. The lowest BCUT2D eigenvalue weighted by Gasteiger charge is -2.46. The second-order valence-electron chi connectivity index (χ2n) is 4.62. The summed E-state index contributed by atoms with van der Waals surface area (Å²) in [5, 5.41) is 10.1. The fraction of sp³-hybridized carbons (Fsp3) is 0.900. The third-order valence-corrected chi connectivity index (χ3v) is 3.45. The van der Waals surface area contributed by atoms with Crippen LogP contribution < -0.4 is 0 Å². The van der Waals surface area contributed by atoms with Crippen LogP contribution in [0.2, 0.25) is 0 Å². The van der Waals surface area contributed by atoms with E-state index in [1.165, 1.54) is 0 Å². The van der Waals surface area contributed by atoms with Gasteiger partial charge in [-0.05, 0) is 18.8 Å². The fourth-order valence-electron chi connectivity index (χ4n) is 2.21. The van der Waals surface area contributed by atoms with Gasteiger partial charge in [0.1, 0.15) is 5.60 Å². The highest BCUT2D eigenvalue weighted by molar-refractivity contribution is 5.64. The van der Waals surface area contributed by atoms with Gasteiger partial charge in [-0.1, -0.05) is 27.2 Å². The van der Waals surface area contributed by atoms with Crippen molar-refractivity contribution in [2.45, 2.75) is 45.6 Å². The molecule has 2 nitrogen and oxygen atoms in total. The van der Waals surface area contributed by atoms with Gasteiger partial charge in [-0.15, -0.1) is 0 Å². The Hall–Kier alpha value is -0.370. The predicted octanol–water partition coefficient (Wildman–Crippen LogP) is 1.76. The predicted molar refractivity (Wildman–Crippen MR) is 47.8 cm³/mol. The van der Waals surface area contributed by atoms with Crippen LogP contribution in [0.4, 0.5) is 0 Å². The van der Waals surface area contributed by atoms with Crippen molar-refractivity contribution in [3.05, 3.63) is 0 Å². The van der Waals surface area contributed by atoms with Crippen LogP contribution in [0.1, 0.15) is 40.0 Å². The molecule has 0 heterocycles. The maximum absolute atomic E-state index is 10.9. The Morgan fingerprint density at radius 1 is 1.50 bits per heavy atom. The largest absolute Gasteiger partial charge is 0.382 e. The molecule has 1 aliphatic rings. The molecule has 1 saturated carbocycles. The molecular formula is C10H18O2. The number of hydrogen-bond donors (Lipinski definition) is 1. The van der Waals surface area contributed by atoms with Crippen LogP contribution in [0.5, 0.6) is 0 Å². The first-order valence-electron chi connectivity index (χ1n) is 4.63. The zero-order valence-corrected chi connectivity index (χ0v) is 8.13. The van der Waals surface area contributed by atoms with Crippen molar-refractivity contribution in [1.29, 1.82) is 0 Å². The van der Waals surface area contributed by atoms with E-state index in [0.717, 1.165) is 25.5 Å². The van der Waals surface area contributed by atoms with Gasteiger partial charge in [-0.3, -0.25) is 0 Å². The molecule has 70 valence electrons. The molecule has 0 amide bonds. The third kappa shape index (κ3) is 1.18. The van der Waals surface area contributed by atoms with Crippen molar-refractivity contribution in [3.8, 4) is 0 Å². The van der Waals surface area contributed by atoms with Crippen molar-refractivity contribution < 1.29 is 9.90 Å². The lowest BCUT2D eigenvalue weighted by atomic mass is 9.61. The van der Waals surface area contributed by atoms with Crippen molar-refractivity contribution in [2.24, 2.45) is 11.3 Å². The standard InChI is InChI=1S/C10H18O2/c1-8-5-4-6-9(2,3)10(8,12)7-11/h7-8,12H,4-6H2,1-3H3. The van der Waals surface area contributed by atoms with Crippen LogP contribution in [0, 0.1) is 11.3 Å². The molecular weight excluding hydrogens is 152 g/mol. The minimum atomic E-state index is -1.11. The third-order valence-electron chi connectivity index (χ3n) is 3.45. The molecule has 2 atom stereocenters. The van der Waals surface area contributed by atoms with E-state index in [9.17, 15) is 9.90 Å². The molecule has 0 saturated heterocycles. The number of carbonyl (C=O) groups is 1. The van der Waals surface area contributed by atoms with E-state index in [1.807, 2.05) is 20.8 Å². The molecule has 1 fully saturated rings. The zero-order chi connectivity index (χ0) is 9.41. The summed E-state index contributed by atoms with van der Waals surface area (Å²) in [6, 6.07) is 0. The van der Waals surface area contributed by atoms with Gasteiger partial charge in [0, 0.05) is 5.41 Å². The lowest BCUT2D eigenvalue weighted by Crippen LogP contribution is -2.53. The maximum atomic E-state index is 10.9. The number of aliphatic hydroxyl groups is 1. The van der Waals surface area contributed by atoms with E-state index in [0.29, 0.717) is 0 Å². The number of hydrogen-bond acceptors (Lipinski definition) is 2. The molecule has 0 aliphatic heterocycles.